The predicted molar refractivity (Wildman–Crippen MR) is 84.7 cm³/mol. The summed E-state index contributed by atoms with van der Waals surface area (Å²) in [5.74, 6) is 0.0317. The number of hydrogen-bond donors (Lipinski definition) is 0. The van der Waals surface area contributed by atoms with Crippen LogP contribution in [0.15, 0.2) is 53.5 Å². The van der Waals surface area contributed by atoms with Gasteiger partial charge in [-0.15, -0.1) is 0 Å². The summed E-state index contributed by atoms with van der Waals surface area (Å²) in [5, 5.41) is 0. The molecular weight excluding hydrogens is 262 g/mol. The lowest BCUT2D eigenvalue weighted by Gasteiger charge is -1.99. The molecule has 0 aromatic heterocycles. The fraction of sp³-hybridized carbons (Fsp3) is 0.167. The van der Waals surface area contributed by atoms with Gasteiger partial charge in [0.25, 0.3) is 0 Å². The highest BCUT2D eigenvalue weighted by Crippen LogP contribution is 2.14. The average Bonchev–Trinajstić information content (AvgIpc) is 2.48. The minimum atomic E-state index is 0.00258. The Kier molecular flexibility index (Phi) is 4.77. The van der Waals surface area contributed by atoms with Crippen molar-refractivity contribution in [1.82, 2.24) is 0 Å². The highest BCUT2D eigenvalue weighted by Gasteiger charge is 2.03. The fourth-order valence-corrected chi connectivity index (χ4v) is 1.90. The van der Waals surface area contributed by atoms with Crippen molar-refractivity contribution in [2.24, 2.45) is 4.99 Å². The van der Waals surface area contributed by atoms with Crippen molar-refractivity contribution in [3.8, 4) is 0 Å². The van der Waals surface area contributed by atoms with Crippen LogP contribution in [-0.4, -0.2) is 17.8 Å². The van der Waals surface area contributed by atoms with E-state index in [0.29, 0.717) is 16.8 Å². The Bertz CT molecular complexity index is 685. The zero-order valence-electron chi connectivity index (χ0n) is 12.2. The van der Waals surface area contributed by atoms with Gasteiger partial charge in [-0.05, 0) is 26.0 Å². The number of benzene rings is 2. The zero-order chi connectivity index (χ0) is 15.2. The maximum atomic E-state index is 12.0. The van der Waals surface area contributed by atoms with Crippen LogP contribution < -0.4 is 0 Å². The van der Waals surface area contributed by atoms with Crippen LogP contribution in [0.25, 0.3) is 0 Å². The number of aryl methyl sites for hydroxylation is 1. The van der Waals surface area contributed by atoms with Crippen LogP contribution >= 0.6 is 0 Å². The average molecular weight is 279 g/mol. The van der Waals surface area contributed by atoms with Gasteiger partial charge in [-0.2, -0.15) is 0 Å². The van der Waals surface area contributed by atoms with E-state index in [4.69, 9.17) is 0 Å². The van der Waals surface area contributed by atoms with E-state index in [1.165, 1.54) is 6.92 Å². The van der Waals surface area contributed by atoms with Crippen LogP contribution in [0.3, 0.4) is 0 Å². The van der Waals surface area contributed by atoms with Gasteiger partial charge in [0.1, 0.15) is 0 Å². The first-order valence-electron chi connectivity index (χ1n) is 6.79. The second-order valence-electron chi connectivity index (χ2n) is 4.91. The molecule has 0 bridgehead atoms. The highest BCUT2D eigenvalue weighted by atomic mass is 16.1. The molecule has 2 rings (SSSR count). The van der Waals surface area contributed by atoms with Crippen LogP contribution in [0.2, 0.25) is 0 Å². The van der Waals surface area contributed by atoms with Crippen molar-refractivity contribution in [3.63, 3.8) is 0 Å². The molecule has 0 heterocycles. The summed E-state index contributed by atoms with van der Waals surface area (Å²) in [6, 6.07) is 14.5. The Balaban J connectivity index is 2.02. The van der Waals surface area contributed by atoms with Crippen molar-refractivity contribution in [1.29, 1.82) is 0 Å². The van der Waals surface area contributed by atoms with Gasteiger partial charge in [0, 0.05) is 23.8 Å². The molecule has 0 spiro atoms. The molecule has 0 saturated heterocycles. The van der Waals surface area contributed by atoms with E-state index in [2.05, 4.69) is 4.99 Å². The predicted octanol–water partition coefficient (Wildman–Crippen LogP) is 4.17. The van der Waals surface area contributed by atoms with Crippen LogP contribution in [0.1, 0.15) is 39.6 Å². The van der Waals surface area contributed by atoms with Gasteiger partial charge in [-0.1, -0.05) is 42.0 Å². The van der Waals surface area contributed by atoms with E-state index in [9.17, 15) is 9.59 Å². The minimum absolute atomic E-state index is 0.00258. The van der Waals surface area contributed by atoms with Crippen LogP contribution in [0, 0.1) is 6.92 Å². The standard InChI is InChI=1S/C18H17NO2/c1-13-6-8-15(9-7-13)18(21)10-11-19-17-5-3-4-16(12-17)14(2)20/h3-9,11-12H,10H2,1-2H3. The molecule has 2 aromatic rings. The van der Waals surface area contributed by atoms with Crippen LogP contribution in [0.4, 0.5) is 5.69 Å². The lowest BCUT2D eigenvalue weighted by molar-refractivity contribution is 0.0997. The maximum Gasteiger partial charge on any atom is 0.168 e. The number of carbonyl (C=O) groups excluding carboxylic acids is 2. The third kappa shape index (κ3) is 4.21. The van der Waals surface area contributed by atoms with E-state index in [1.54, 1.807) is 30.5 Å². The third-order valence-corrected chi connectivity index (χ3v) is 3.14. The second kappa shape index (κ2) is 6.75. The number of nitrogens with zero attached hydrogens (tertiary/aromatic N) is 1. The Labute approximate surface area is 124 Å². The minimum Gasteiger partial charge on any atom is -0.295 e. The van der Waals surface area contributed by atoms with E-state index >= 15 is 0 Å². The Hall–Kier alpha value is -2.55. The first kappa shape index (κ1) is 14.9. The lowest BCUT2D eigenvalue weighted by atomic mass is 10.1. The van der Waals surface area contributed by atoms with Gasteiger partial charge >= 0.3 is 0 Å². The van der Waals surface area contributed by atoms with E-state index < -0.39 is 0 Å². The third-order valence-electron chi connectivity index (χ3n) is 3.14. The van der Waals surface area contributed by atoms with Gasteiger partial charge in [-0.3, -0.25) is 14.6 Å². The van der Waals surface area contributed by atoms with Gasteiger partial charge in [0.05, 0.1) is 5.69 Å². The maximum absolute atomic E-state index is 12.0. The van der Waals surface area contributed by atoms with Crippen molar-refractivity contribution >= 4 is 23.5 Å². The topological polar surface area (TPSA) is 46.5 Å². The second-order valence-corrected chi connectivity index (χ2v) is 4.91. The molecule has 106 valence electrons. The monoisotopic (exact) mass is 279 g/mol. The summed E-state index contributed by atoms with van der Waals surface area (Å²) in [7, 11) is 0. The van der Waals surface area contributed by atoms with Crippen molar-refractivity contribution < 1.29 is 9.59 Å². The van der Waals surface area contributed by atoms with E-state index in [0.717, 1.165) is 5.56 Å². The van der Waals surface area contributed by atoms with Crippen LogP contribution in [-0.2, 0) is 0 Å². The number of Topliss-reactive ketones (excluding diaryl/α,β-unsaturated/α-hetero) is 2. The lowest BCUT2D eigenvalue weighted by Crippen LogP contribution is -1.99. The number of aliphatic imine (C=N–C) groups is 1. The molecule has 21 heavy (non-hydrogen) atoms. The zero-order valence-corrected chi connectivity index (χ0v) is 12.2. The summed E-state index contributed by atoms with van der Waals surface area (Å²) in [4.78, 5) is 27.5. The number of rotatable bonds is 5. The van der Waals surface area contributed by atoms with Gasteiger partial charge in [0.2, 0.25) is 0 Å². The summed E-state index contributed by atoms with van der Waals surface area (Å²) < 4.78 is 0. The fourth-order valence-electron chi connectivity index (χ4n) is 1.90. The normalized spacial score (nSPS) is 10.8. The van der Waals surface area contributed by atoms with E-state index in [1.807, 2.05) is 31.2 Å². The highest BCUT2D eigenvalue weighted by molar-refractivity contribution is 6.04. The molecule has 0 aliphatic rings. The van der Waals surface area contributed by atoms with Crippen molar-refractivity contribution in [3.05, 3.63) is 65.2 Å². The summed E-state index contributed by atoms with van der Waals surface area (Å²) in [5.41, 5.74) is 3.11. The Morgan fingerprint density at radius 2 is 1.76 bits per heavy atom. The van der Waals surface area contributed by atoms with Gasteiger partial charge < -0.3 is 0 Å². The molecule has 0 radical (unpaired) electrons. The molecule has 0 amide bonds. The van der Waals surface area contributed by atoms with Gasteiger partial charge in [0.15, 0.2) is 11.6 Å². The molecule has 0 N–H and O–H groups in total. The SMILES string of the molecule is CC(=O)c1cccc(N=CCC(=O)c2ccc(C)cc2)c1. The number of ketones is 2. The van der Waals surface area contributed by atoms with Gasteiger partial charge in [-0.25, -0.2) is 0 Å². The molecule has 3 heteroatoms. The molecular formula is C18H17NO2. The first-order chi connectivity index (χ1) is 10.1. The molecule has 0 unspecified atom stereocenters. The smallest absolute Gasteiger partial charge is 0.168 e. The molecule has 0 saturated carbocycles. The molecule has 0 aliphatic carbocycles. The largest absolute Gasteiger partial charge is 0.295 e. The Morgan fingerprint density at radius 3 is 2.43 bits per heavy atom. The first-order valence-corrected chi connectivity index (χ1v) is 6.79. The summed E-state index contributed by atoms with van der Waals surface area (Å²) in [6.45, 7) is 3.50. The van der Waals surface area contributed by atoms with E-state index in [-0.39, 0.29) is 18.0 Å². The van der Waals surface area contributed by atoms with Crippen molar-refractivity contribution in [2.45, 2.75) is 20.3 Å². The van der Waals surface area contributed by atoms with Crippen LogP contribution in [0.5, 0.6) is 0 Å². The molecule has 0 fully saturated rings. The van der Waals surface area contributed by atoms with Crippen molar-refractivity contribution in [2.75, 3.05) is 0 Å². The summed E-state index contributed by atoms with van der Waals surface area (Å²) in [6.07, 6.45) is 1.83. The molecule has 0 atom stereocenters. The Morgan fingerprint density at radius 1 is 1.05 bits per heavy atom. The molecule has 2 aromatic carbocycles. The summed E-state index contributed by atoms with van der Waals surface area (Å²) >= 11 is 0. The number of carbonyl (C=O) groups is 2. The quantitative estimate of drug-likeness (QED) is 0.609. The molecule has 0 aliphatic heterocycles. The number of hydrogen-bond acceptors (Lipinski definition) is 3. The molecule has 3 nitrogen and oxygen atoms in total.